The molecule has 35 heavy (non-hydrogen) atoms. The second-order valence-corrected chi connectivity index (χ2v) is 9.18. The highest BCUT2D eigenvalue weighted by molar-refractivity contribution is 5.88. The summed E-state index contributed by atoms with van der Waals surface area (Å²) in [5.41, 5.74) is 1.70. The number of hydrogen-bond acceptors (Lipinski definition) is 6. The predicted molar refractivity (Wildman–Crippen MR) is 135 cm³/mol. The first-order chi connectivity index (χ1) is 16.8. The average Bonchev–Trinajstić information content (AvgIpc) is 2.84. The molecule has 0 radical (unpaired) electrons. The monoisotopic (exact) mass is 483 g/mol. The van der Waals surface area contributed by atoms with E-state index in [-0.39, 0.29) is 19.1 Å². The molecule has 1 heterocycles. The molecule has 190 valence electrons. The van der Waals surface area contributed by atoms with Gasteiger partial charge in [0.25, 0.3) is 0 Å². The van der Waals surface area contributed by atoms with Gasteiger partial charge in [-0.3, -0.25) is 14.6 Å². The van der Waals surface area contributed by atoms with Crippen molar-refractivity contribution in [2.75, 3.05) is 32.8 Å². The van der Waals surface area contributed by atoms with Crippen LogP contribution in [0.5, 0.6) is 11.5 Å². The summed E-state index contributed by atoms with van der Waals surface area (Å²) < 4.78 is 11.1. The maximum absolute atomic E-state index is 13.4. The molecule has 1 unspecified atom stereocenters. The van der Waals surface area contributed by atoms with Crippen molar-refractivity contribution in [2.24, 2.45) is 0 Å². The molecule has 0 bridgehead atoms. The van der Waals surface area contributed by atoms with Gasteiger partial charge in [0.05, 0.1) is 6.61 Å². The number of ether oxygens (including phenoxy) is 2. The summed E-state index contributed by atoms with van der Waals surface area (Å²) in [4.78, 5) is 29.9. The molecule has 2 aromatic rings. The molecule has 2 amide bonds. The Balaban J connectivity index is 1.80. The van der Waals surface area contributed by atoms with Gasteiger partial charge in [-0.15, -0.1) is 0 Å². The molecule has 8 heteroatoms. The second kappa shape index (κ2) is 12.6. The van der Waals surface area contributed by atoms with E-state index in [0.717, 1.165) is 16.9 Å². The van der Waals surface area contributed by atoms with Crippen molar-refractivity contribution >= 4 is 12.0 Å². The number of amides is 2. The van der Waals surface area contributed by atoms with E-state index in [1.54, 1.807) is 0 Å². The minimum absolute atomic E-state index is 0.113. The molecule has 0 saturated carbocycles. The summed E-state index contributed by atoms with van der Waals surface area (Å²) in [5.74, 6) is 1.15. The van der Waals surface area contributed by atoms with Gasteiger partial charge in [-0.1, -0.05) is 24.3 Å². The Kier molecular flexibility index (Phi) is 9.51. The quantitative estimate of drug-likeness (QED) is 0.535. The Labute approximate surface area is 207 Å². The van der Waals surface area contributed by atoms with E-state index in [2.05, 4.69) is 37.9 Å². The molecule has 0 aliphatic carbocycles. The van der Waals surface area contributed by atoms with Crippen LogP contribution in [0, 0.1) is 0 Å². The second-order valence-electron chi connectivity index (χ2n) is 9.18. The third-order valence-electron chi connectivity index (χ3n) is 6.12. The van der Waals surface area contributed by atoms with E-state index >= 15 is 0 Å². The number of carbonyl (C=O) groups is 2. The molecular formula is C27H37N3O5. The largest absolute Gasteiger partial charge is 0.457 e. The average molecular weight is 484 g/mol. The topological polar surface area (TPSA) is 91.3 Å². The van der Waals surface area contributed by atoms with Crippen LogP contribution in [0.25, 0.3) is 0 Å². The third-order valence-corrected chi connectivity index (χ3v) is 6.12. The van der Waals surface area contributed by atoms with Gasteiger partial charge in [-0.2, -0.15) is 0 Å². The Bertz CT molecular complexity index is 972. The van der Waals surface area contributed by atoms with Gasteiger partial charge in [0.1, 0.15) is 24.1 Å². The zero-order valence-corrected chi connectivity index (χ0v) is 21.1. The predicted octanol–water partition coefficient (Wildman–Crippen LogP) is 3.74. The van der Waals surface area contributed by atoms with Crippen LogP contribution in [0.3, 0.4) is 0 Å². The molecular weight excluding hydrogens is 446 g/mol. The van der Waals surface area contributed by atoms with Crippen LogP contribution >= 0.6 is 0 Å². The lowest BCUT2D eigenvalue weighted by Gasteiger charge is -2.36. The highest BCUT2D eigenvalue weighted by Crippen LogP contribution is 2.34. The number of aliphatic hydroxyl groups excluding tert-OH is 1. The molecule has 0 fully saturated rings. The van der Waals surface area contributed by atoms with Crippen LogP contribution in [0.1, 0.15) is 44.9 Å². The number of fused-ring (bicyclic) bond motifs is 1. The van der Waals surface area contributed by atoms with Crippen molar-refractivity contribution in [1.29, 1.82) is 0 Å². The molecule has 0 aromatic heterocycles. The first-order valence-corrected chi connectivity index (χ1v) is 12.2. The van der Waals surface area contributed by atoms with E-state index in [9.17, 15) is 9.59 Å². The molecule has 0 saturated heterocycles. The van der Waals surface area contributed by atoms with Crippen molar-refractivity contribution < 1.29 is 24.2 Å². The smallest absolute Gasteiger partial charge is 0.410 e. The van der Waals surface area contributed by atoms with Crippen LogP contribution in [0.15, 0.2) is 48.5 Å². The summed E-state index contributed by atoms with van der Waals surface area (Å²) in [6.07, 6.45) is -0.0474. The fourth-order valence-electron chi connectivity index (χ4n) is 4.50. The van der Waals surface area contributed by atoms with Gasteiger partial charge < -0.3 is 19.9 Å². The van der Waals surface area contributed by atoms with Gasteiger partial charge in [0, 0.05) is 31.7 Å². The number of rotatable bonds is 10. The minimum Gasteiger partial charge on any atom is -0.457 e. The van der Waals surface area contributed by atoms with E-state index in [0.29, 0.717) is 43.9 Å². The zero-order chi connectivity index (χ0) is 25.4. The van der Waals surface area contributed by atoms with Crippen LogP contribution in [0.2, 0.25) is 0 Å². The van der Waals surface area contributed by atoms with Gasteiger partial charge in [0.2, 0.25) is 5.91 Å². The standard InChI is InChI=1S/C27H37N3O5/c1-19(2)29(20(3)4)15-13-28-26(32)25-24-11-10-23(35-22-8-6-5-7-9-22)18-21(24)12-14-30(25)27(33)34-17-16-31/h5-11,18-20,25,31H,12-17H2,1-4H3,(H,28,32). The first-order valence-electron chi connectivity index (χ1n) is 12.2. The van der Waals surface area contributed by atoms with E-state index < -0.39 is 12.1 Å². The normalized spacial score (nSPS) is 15.3. The molecule has 3 rings (SSSR count). The molecule has 2 N–H and O–H groups in total. The lowest BCUT2D eigenvalue weighted by molar-refractivity contribution is -0.126. The minimum atomic E-state index is -0.817. The summed E-state index contributed by atoms with van der Waals surface area (Å²) in [6.45, 7) is 9.65. The van der Waals surface area contributed by atoms with Crippen LogP contribution in [-0.2, 0) is 16.0 Å². The zero-order valence-electron chi connectivity index (χ0n) is 21.1. The summed E-state index contributed by atoms with van der Waals surface area (Å²) in [7, 11) is 0. The highest BCUT2D eigenvalue weighted by atomic mass is 16.6. The number of para-hydroxylation sites is 1. The summed E-state index contributed by atoms with van der Waals surface area (Å²) in [6, 6.07) is 15.0. The molecule has 2 aromatic carbocycles. The lowest BCUT2D eigenvalue weighted by Crippen LogP contribution is -2.49. The number of nitrogens with zero attached hydrogens (tertiary/aromatic N) is 2. The number of nitrogens with one attached hydrogen (secondary N) is 1. The number of carbonyl (C=O) groups excluding carboxylic acids is 2. The maximum Gasteiger partial charge on any atom is 0.410 e. The molecule has 1 aliphatic rings. The third kappa shape index (κ3) is 6.96. The van der Waals surface area contributed by atoms with Gasteiger partial charge in [0.15, 0.2) is 0 Å². The Morgan fingerprint density at radius 2 is 1.80 bits per heavy atom. The Morgan fingerprint density at radius 3 is 2.46 bits per heavy atom. The van der Waals surface area contributed by atoms with Crippen molar-refractivity contribution in [3.05, 3.63) is 59.7 Å². The van der Waals surface area contributed by atoms with Crippen molar-refractivity contribution in [1.82, 2.24) is 15.1 Å². The van der Waals surface area contributed by atoms with Crippen LogP contribution < -0.4 is 10.1 Å². The van der Waals surface area contributed by atoms with E-state index in [4.69, 9.17) is 14.6 Å². The maximum atomic E-state index is 13.4. The van der Waals surface area contributed by atoms with Gasteiger partial charge in [-0.05, 0) is 69.5 Å². The van der Waals surface area contributed by atoms with E-state index in [1.165, 1.54) is 4.90 Å². The lowest BCUT2D eigenvalue weighted by atomic mass is 9.92. The molecule has 1 aliphatic heterocycles. The molecule has 8 nitrogen and oxygen atoms in total. The van der Waals surface area contributed by atoms with Gasteiger partial charge >= 0.3 is 6.09 Å². The van der Waals surface area contributed by atoms with Crippen molar-refractivity contribution in [3.63, 3.8) is 0 Å². The Morgan fingerprint density at radius 1 is 1.09 bits per heavy atom. The van der Waals surface area contributed by atoms with Crippen molar-refractivity contribution in [2.45, 2.75) is 52.2 Å². The Hall–Kier alpha value is -3.10. The fourth-order valence-corrected chi connectivity index (χ4v) is 4.50. The SMILES string of the molecule is CC(C)N(CCNC(=O)C1c2ccc(Oc3ccccc3)cc2CCN1C(=O)OCCO)C(C)C. The summed E-state index contributed by atoms with van der Waals surface area (Å²) in [5, 5.41) is 12.1. The van der Waals surface area contributed by atoms with E-state index in [1.807, 2.05) is 48.5 Å². The fraction of sp³-hybridized carbons (Fsp3) is 0.481. The number of hydrogen-bond donors (Lipinski definition) is 2. The van der Waals surface area contributed by atoms with Crippen molar-refractivity contribution in [3.8, 4) is 11.5 Å². The van der Waals surface area contributed by atoms with Crippen LogP contribution in [-0.4, -0.2) is 71.8 Å². The summed E-state index contributed by atoms with van der Waals surface area (Å²) >= 11 is 0. The van der Waals surface area contributed by atoms with Gasteiger partial charge in [-0.25, -0.2) is 4.79 Å². The van der Waals surface area contributed by atoms with Crippen LogP contribution in [0.4, 0.5) is 4.79 Å². The number of aliphatic hydroxyl groups is 1. The number of benzene rings is 2. The first kappa shape index (κ1) is 26.5. The molecule has 1 atom stereocenters. The molecule has 0 spiro atoms. The highest BCUT2D eigenvalue weighted by Gasteiger charge is 2.37.